The summed E-state index contributed by atoms with van der Waals surface area (Å²) in [5, 5.41) is 3.05. The van der Waals surface area contributed by atoms with Crippen LogP contribution in [0.1, 0.15) is 40.0 Å². The highest BCUT2D eigenvalue weighted by Gasteiger charge is 2.44. The van der Waals surface area contributed by atoms with E-state index in [9.17, 15) is 18.0 Å². The van der Waals surface area contributed by atoms with Gasteiger partial charge in [0.05, 0.1) is 13.2 Å². The summed E-state index contributed by atoms with van der Waals surface area (Å²) in [5.41, 5.74) is -1.11. The summed E-state index contributed by atoms with van der Waals surface area (Å²) in [7, 11) is 0. The minimum Gasteiger partial charge on any atom is -0.465 e. The third-order valence-electron chi connectivity index (χ3n) is 3.46. The Morgan fingerprint density at radius 1 is 1.29 bits per heavy atom. The molecule has 1 rings (SSSR count). The van der Waals surface area contributed by atoms with E-state index in [0.29, 0.717) is 6.54 Å². The van der Waals surface area contributed by atoms with Crippen LogP contribution >= 0.6 is 0 Å². The first-order valence-electron chi connectivity index (χ1n) is 7.45. The van der Waals surface area contributed by atoms with E-state index in [1.165, 1.54) is 4.90 Å². The van der Waals surface area contributed by atoms with Crippen LogP contribution in [-0.2, 0) is 9.53 Å². The molecule has 7 heteroatoms. The lowest BCUT2D eigenvalue weighted by Crippen LogP contribution is -2.59. The van der Waals surface area contributed by atoms with Crippen LogP contribution in [0.15, 0.2) is 0 Å². The Kier molecular flexibility index (Phi) is 6.46. The number of ether oxygens (including phenoxy) is 1. The van der Waals surface area contributed by atoms with Crippen LogP contribution in [0.5, 0.6) is 0 Å². The Bertz CT molecular complexity index is 346. The first-order valence-corrected chi connectivity index (χ1v) is 7.45. The molecule has 0 bridgehead atoms. The van der Waals surface area contributed by atoms with E-state index in [1.807, 2.05) is 6.92 Å². The van der Waals surface area contributed by atoms with Gasteiger partial charge in [0.1, 0.15) is 5.54 Å². The van der Waals surface area contributed by atoms with Crippen LogP contribution in [0.25, 0.3) is 0 Å². The highest BCUT2D eigenvalue weighted by Crippen LogP contribution is 2.31. The predicted molar refractivity (Wildman–Crippen MR) is 74.0 cm³/mol. The number of nitrogens with one attached hydrogen (secondary N) is 1. The van der Waals surface area contributed by atoms with Crippen molar-refractivity contribution in [2.45, 2.75) is 57.8 Å². The molecule has 0 saturated heterocycles. The van der Waals surface area contributed by atoms with Gasteiger partial charge in [0.15, 0.2) is 0 Å². The normalized spacial score (nSPS) is 18.6. The smallest absolute Gasteiger partial charge is 0.401 e. The van der Waals surface area contributed by atoms with Gasteiger partial charge in [0.2, 0.25) is 0 Å². The van der Waals surface area contributed by atoms with Gasteiger partial charge in [-0.1, -0.05) is 6.92 Å². The minimum atomic E-state index is -4.26. The number of nitrogens with zero attached hydrogens (tertiary/aromatic N) is 1. The topological polar surface area (TPSA) is 41.6 Å². The molecule has 1 unspecified atom stereocenters. The Balaban J connectivity index is 2.78. The molecule has 0 spiro atoms. The standard InChI is InChI=1S/C14H25F3N2O2/c1-4-8-18-13(3,12(20)21-5-2)9-19(11-6-7-11)10-14(15,16)17/h11,18H,4-10H2,1-3H3. The predicted octanol–water partition coefficient (Wildman–Crippen LogP) is 2.33. The molecule has 1 aliphatic carbocycles. The molecule has 0 amide bonds. The van der Waals surface area contributed by atoms with Gasteiger partial charge in [-0.3, -0.25) is 9.69 Å². The number of carbonyl (C=O) groups is 1. The maximum atomic E-state index is 12.7. The molecule has 1 atom stereocenters. The van der Waals surface area contributed by atoms with Crippen molar-refractivity contribution in [3.8, 4) is 0 Å². The average Bonchev–Trinajstić information content (AvgIpc) is 3.18. The minimum absolute atomic E-state index is 0.00993. The van der Waals surface area contributed by atoms with Crippen molar-refractivity contribution in [2.24, 2.45) is 0 Å². The third-order valence-corrected chi connectivity index (χ3v) is 3.46. The average molecular weight is 310 g/mol. The van der Waals surface area contributed by atoms with Gasteiger partial charge in [-0.05, 0) is 39.7 Å². The van der Waals surface area contributed by atoms with E-state index < -0.39 is 24.2 Å². The quantitative estimate of drug-likeness (QED) is 0.664. The van der Waals surface area contributed by atoms with Crippen LogP contribution in [0.2, 0.25) is 0 Å². The molecule has 1 aliphatic rings. The first kappa shape index (κ1) is 18.2. The molecule has 1 saturated carbocycles. The van der Waals surface area contributed by atoms with Gasteiger partial charge >= 0.3 is 12.1 Å². The summed E-state index contributed by atoms with van der Waals surface area (Å²) in [6.45, 7) is 5.03. The van der Waals surface area contributed by atoms with Gasteiger partial charge in [-0.15, -0.1) is 0 Å². The van der Waals surface area contributed by atoms with Gasteiger partial charge in [-0.25, -0.2) is 0 Å². The van der Waals surface area contributed by atoms with Crippen molar-refractivity contribution in [1.82, 2.24) is 10.2 Å². The highest BCUT2D eigenvalue weighted by atomic mass is 19.4. The third kappa shape index (κ3) is 6.22. The lowest BCUT2D eigenvalue weighted by molar-refractivity contribution is -0.160. The van der Waals surface area contributed by atoms with Gasteiger partial charge in [-0.2, -0.15) is 13.2 Å². The van der Waals surface area contributed by atoms with Gasteiger partial charge in [0.25, 0.3) is 0 Å². The van der Waals surface area contributed by atoms with Crippen molar-refractivity contribution >= 4 is 5.97 Å². The SMILES string of the molecule is CCCNC(C)(CN(CC(F)(F)F)C1CC1)C(=O)OCC. The van der Waals surface area contributed by atoms with Crippen molar-refractivity contribution in [2.75, 3.05) is 26.2 Å². The van der Waals surface area contributed by atoms with E-state index in [-0.39, 0.29) is 19.2 Å². The van der Waals surface area contributed by atoms with Gasteiger partial charge in [0, 0.05) is 12.6 Å². The second-order valence-electron chi connectivity index (χ2n) is 5.73. The fourth-order valence-corrected chi connectivity index (χ4v) is 2.27. The maximum absolute atomic E-state index is 12.7. The summed E-state index contributed by atoms with van der Waals surface area (Å²) in [6.07, 6.45) is -1.97. The first-order chi connectivity index (χ1) is 9.72. The number of rotatable bonds is 9. The van der Waals surface area contributed by atoms with E-state index in [0.717, 1.165) is 19.3 Å². The molecule has 0 aromatic carbocycles. The zero-order valence-corrected chi connectivity index (χ0v) is 12.9. The van der Waals surface area contributed by atoms with Crippen LogP contribution in [0.3, 0.4) is 0 Å². The Morgan fingerprint density at radius 3 is 2.33 bits per heavy atom. The number of hydrogen-bond acceptors (Lipinski definition) is 4. The summed E-state index contributed by atoms with van der Waals surface area (Å²) in [4.78, 5) is 13.5. The van der Waals surface area contributed by atoms with E-state index in [1.54, 1.807) is 13.8 Å². The van der Waals surface area contributed by atoms with Crippen molar-refractivity contribution in [3.63, 3.8) is 0 Å². The van der Waals surface area contributed by atoms with Gasteiger partial charge < -0.3 is 10.1 Å². The fourth-order valence-electron chi connectivity index (χ4n) is 2.27. The van der Waals surface area contributed by atoms with Crippen molar-refractivity contribution in [3.05, 3.63) is 0 Å². The number of alkyl halides is 3. The van der Waals surface area contributed by atoms with Crippen LogP contribution in [0.4, 0.5) is 13.2 Å². The number of halogens is 3. The maximum Gasteiger partial charge on any atom is 0.401 e. The Morgan fingerprint density at radius 2 is 1.90 bits per heavy atom. The molecule has 0 aromatic rings. The molecular formula is C14H25F3N2O2. The van der Waals surface area contributed by atoms with E-state index in [4.69, 9.17) is 4.74 Å². The lowest BCUT2D eigenvalue weighted by atomic mass is 10.0. The summed E-state index contributed by atoms with van der Waals surface area (Å²) < 4.78 is 43.1. The van der Waals surface area contributed by atoms with E-state index in [2.05, 4.69) is 5.32 Å². The molecule has 0 aliphatic heterocycles. The molecular weight excluding hydrogens is 285 g/mol. The summed E-state index contributed by atoms with van der Waals surface area (Å²) in [6, 6.07) is -0.0798. The Hall–Kier alpha value is -0.820. The van der Waals surface area contributed by atoms with Crippen molar-refractivity contribution < 1.29 is 22.7 Å². The summed E-state index contributed by atoms with van der Waals surface area (Å²) in [5.74, 6) is -0.494. The summed E-state index contributed by atoms with van der Waals surface area (Å²) >= 11 is 0. The molecule has 124 valence electrons. The molecule has 0 aromatic heterocycles. The molecule has 0 radical (unpaired) electrons. The van der Waals surface area contributed by atoms with Crippen molar-refractivity contribution in [1.29, 1.82) is 0 Å². The van der Waals surface area contributed by atoms with Crippen LogP contribution in [0, 0.1) is 0 Å². The number of carbonyl (C=O) groups excluding carboxylic acids is 1. The van der Waals surface area contributed by atoms with Crippen LogP contribution in [-0.4, -0.2) is 54.9 Å². The monoisotopic (exact) mass is 310 g/mol. The zero-order chi connectivity index (χ0) is 16.1. The number of esters is 1. The second kappa shape index (κ2) is 7.45. The molecule has 1 N–H and O–H groups in total. The fraction of sp³-hybridized carbons (Fsp3) is 0.929. The van der Waals surface area contributed by atoms with E-state index >= 15 is 0 Å². The number of hydrogen-bond donors (Lipinski definition) is 1. The Labute approximate surface area is 124 Å². The largest absolute Gasteiger partial charge is 0.465 e. The zero-order valence-electron chi connectivity index (χ0n) is 12.9. The molecule has 4 nitrogen and oxygen atoms in total. The molecule has 0 heterocycles. The lowest BCUT2D eigenvalue weighted by Gasteiger charge is -2.35. The molecule has 1 fully saturated rings. The van der Waals surface area contributed by atoms with Crippen LogP contribution < -0.4 is 5.32 Å². The second-order valence-corrected chi connectivity index (χ2v) is 5.73. The highest BCUT2D eigenvalue weighted by molar-refractivity contribution is 5.80. The molecule has 21 heavy (non-hydrogen) atoms.